The molecule has 0 fully saturated rings. The third-order valence-electron chi connectivity index (χ3n) is 8.93. The van der Waals surface area contributed by atoms with Crippen LogP contribution in [0.25, 0.3) is 16.7 Å². The Kier molecular flexibility index (Phi) is 7.30. The summed E-state index contributed by atoms with van der Waals surface area (Å²) in [6, 6.07) is 59.1. The molecule has 0 aliphatic heterocycles. The first-order chi connectivity index (χ1) is 21.7. The molecular formula is C43H35N. The molecule has 0 heterocycles. The molecule has 1 atom stereocenters. The second kappa shape index (κ2) is 11.7. The highest BCUT2D eigenvalue weighted by atomic mass is 15.1. The van der Waals surface area contributed by atoms with E-state index in [1.54, 1.807) is 0 Å². The van der Waals surface area contributed by atoms with Crippen LogP contribution in [0.5, 0.6) is 0 Å². The second-order valence-electron chi connectivity index (χ2n) is 11.3. The summed E-state index contributed by atoms with van der Waals surface area (Å²) in [7, 11) is 0. The molecule has 212 valence electrons. The Morgan fingerprint density at radius 1 is 0.477 bits per heavy atom. The molecule has 0 saturated carbocycles. The highest BCUT2D eigenvalue weighted by Gasteiger charge is 2.45. The number of hydrogen-bond acceptors (Lipinski definition) is 1. The smallest absolute Gasteiger partial charge is 0.0673 e. The van der Waals surface area contributed by atoms with Crippen LogP contribution in [0.2, 0.25) is 0 Å². The summed E-state index contributed by atoms with van der Waals surface area (Å²) < 4.78 is 0. The molecule has 1 nitrogen and oxygen atoms in total. The molecule has 0 spiro atoms. The van der Waals surface area contributed by atoms with E-state index in [9.17, 15) is 0 Å². The van der Waals surface area contributed by atoms with Gasteiger partial charge in [-0.2, -0.15) is 0 Å². The third-order valence-corrected chi connectivity index (χ3v) is 8.93. The van der Waals surface area contributed by atoms with Crippen LogP contribution < -0.4 is 4.90 Å². The SMILES string of the molecule is CC=CC1=C(C)C(c2ccccc2)(c2ccc(N(c3ccccc3)c3ccc(-c4ccccc4)cc3)cc2)c2ccccc21. The van der Waals surface area contributed by atoms with Gasteiger partial charge in [0.25, 0.3) is 0 Å². The number of rotatable bonds is 7. The fraction of sp³-hybridized carbons (Fsp3) is 0.0698. The van der Waals surface area contributed by atoms with Gasteiger partial charge in [0.1, 0.15) is 0 Å². The van der Waals surface area contributed by atoms with Crippen LogP contribution >= 0.6 is 0 Å². The molecule has 6 aromatic carbocycles. The van der Waals surface area contributed by atoms with Gasteiger partial charge in [0.2, 0.25) is 0 Å². The van der Waals surface area contributed by atoms with Gasteiger partial charge in [-0.05, 0) is 94.8 Å². The van der Waals surface area contributed by atoms with Crippen molar-refractivity contribution in [2.24, 2.45) is 0 Å². The van der Waals surface area contributed by atoms with Crippen molar-refractivity contribution in [2.45, 2.75) is 19.3 Å². The molecule has 1 aliphatic rings. The molecule has 7 rings (SSSR count). The molecule has 44 heavy (non-hydrogen) atoms. The van der Waals surface area contributed by atoms with Gasteiger partial charge in [-0.15, -0.1) is 0 Å². The molecule has 0 amide bonds. The molecule has 0 N–H and O–H groups in total. The van der Waals surface area contributed by atoms with Gasteiger partial charge < -0.3 is 4.90 Å². The Bertz CT molecular complexity index is 1930. The van der Waals surface area contributed by atoms with Gasteiger partial charge in [0, 0.05) is 17.1 Å². The fourth-order valence-corrected chi connectivity index (χ4v) is 6.95. The summed E-state index contributed by atoms with van der Waals surface area (Å²) in [4.78, 5) is 2.34. The van der Waals surface area contributed by atoms with Gasteiger partial charge in [0.15, 0.2) is 0 Å². The second-order valence-corrected chi connectivity index (χ2v) is 11.3. The van der Waals surface area contributed by atoms with Crippen molar-refractivity contribution in [2.75, 3.05) is 4.90 Å². The summed E-state index contributed by atoms with van der Waals surface area (Å²) in [5.41, 5.74) is 13.3. The van der Waals surface area contributed by atoms with E-state index in [1.807, 2.05) is 0 Å². The molecule has 6 aromatic rings. The van der Waals surface area contributed by atoms with Crippen molar-refractivity contribution >= 4 is 22.6 Å². The lowest BCUT2D eigenvalue weighted by Crippen LogP contribution is -2.29. The Balaban J connectivity index is 1.37. The molecule has 0 aromatic heterocycles. The van der Waals surface area contributed by atoms with E-state index in [-0.39, 0.29) is 5.41 Å². The van der Waals surface area contributed by atoms with Gasteiger partial charge in [-0.1, -0.05) is 140 Å². The zero-order chi connectivity index (χ0) is 29.9. The minimum atomic E-state index is -0.375. The number of anilines is 3. The van der Waals surface area contributed by atoms with Gasteiger partial charge in [-0.3, -0.25) is 0 Å². The van der Waals surface area contributed by atoms with Crippen LogP contribution in [0.3, 0.4) is 0 Å². The number of benzene rings is 6. The van der Waals surface area contributed by atoms with Crippen molar-refractivity contribution in [3.8, 4) is 11.1 Å². The lowest BCUT2D eigenvalue weighted by molar-refractivity contribution is 0.743. The number of fused-ring (bicyclic) bond motifs is 1. The Morgan fingerprint density at radius 2 is 0.955 bits per heavy atom. The van der Waals surface area contributed by atoms with Crippen LogP contribution in [0, 0.1) is 0 Å². The van der Waals surface area contributed by atoms with Crippen LogP contribution in [-0.2, 0) is 5.41 Å². The van der Waals surface area contributed by atoms with E-state index >= 15 is 0 Å². The predicted molar refractivity (Wildman–Crippen MR) is 187 cm³/mol. The van der Waals surface area contributed by atoms with Crippen molar-refractivity contribution < 1.29 is 0 Å². The lowest BCUT2D eigenvalue weighted by atomic mass is 9.67. The number of allylic oxidation sites excluding steroid dienone is 4. The third kappa shape index (κ3) is 4.58. The zero-order valence-electron chi connectivity index (χ0n) is 25.2. The first kappa shape index (κ1) is 27.4. The lowest BCUT2D eigenvalue weighted by Gasteiger charge is -2.35. The summed E-state index contributed by atoms with van der Waals surface area (Å²) in [6.45, 7) is 4.41. The maximum Gasteiger partial charge on any atom is 0.0673 e. The van der Waals surface area contributed by atoms with E-state index in [2.05, 4.69) is 195 Å². The van der Waals surface area contributed by atoms with E-state index in [0.29, 0.717) is 0 Å². The monoisotopic (exact) mass is 565 g/mol. The summed E-state index contributed by atoms with van der Waals surface area (Å²) in [6.07, 6.45) is 4.42. The normalized spacial score (nSPS) is 15.9. The van der Waals surface area contributed by atoms with E-state index in [1.165, 1.54) is 44.5 Å². The Labute approximate surface area is 261 Å². The average Bonchev–Trinajstić information content (AvgIpc) is 3.35. The number of hydrogen-bond donors (Lipinski definition) is 0. The Morgan fingerprint density at radius 3 is 1.59 bits per heavy atom. The summed E-state index contributed by atoms with van der Waals surface area (Å²) in [5, 5.41) is 0. The quantitative estimate of drug-likeness (QED) is 0.186. The van der Waals surface area contributed by atoms with Crippen molar-refractivity contribution in [1.82, 2.24) is 0 Å². The summed E-state index contributed by atoms with van der Waals surface area (Å²) in [5.74, 6) is 0. The van der Waals surface area contributed by atoms with Gasteiger partial charge >= 0.3 is 0 Å². The van der Waals surface area contributed by atoms with Crippen LogP contribution in [0.4, 0.5) is 17.1 Å². The van der Waals surface area contributed by atoms with Crippen molar-refractivity contribution in [3.63, 3.8) is 0 Å². The van der Waals surface area contributed by atoms with Gasteiger partial charge in [0.05, 0.1) is 5.41 Å². The first-order valence-electron chi connectivity index (χ1n) is 15.3. The van der Waals surface area contributed by atoms with Crippen LogP contribution in [0.1, 0.15) is 36.1 Å². The molecule has 1 heteroatoms. The fourth-order valence-electron chi connectivity index (χ4n) is 6.95. The Hall–Kier alpha value is -5.40. The number of nitrogens with zero attached hydrogens (tertiary/aromatic N) is 1. The highest BCUT2D eigenvalue weighted by Crippen LogP contribution is 2.54. The van der Waals surface area contributed by atoms with E-state index < -0.39 is 0 Å². The highest BCUT2D eigenvalue weighted by molar-refractivity contribution is 5.90. The predicted octanol–water partition coefficient (Wildman–Crippen LogP) is 11.5. The molecule has 0 radical (unpaired) electrons. The largest absolute Gasteiger partial charge is 0.311 e. The average molecular weight is 566 g/mol. The van der Waals surface area contributed by atoms with E-state index in [0.717, 1.165) is 17.1 Å². The maximum atomic E-state index is 2.34. The maximum absolute atomic E-state index is 2.34. The minimum absolute atomic E-state index is 0.375. The molecule has 1 aliphatic carbocycles. The molecular weight excluding hydrogens is 530 g/mol. The molecule has 1 unspecified atom stereocenters. The first-order valence-corrected chi connectivity index (χ1v) is 15.3. The standard InChI is InChI=1S/C43H35N/c1-3-15-40-32(2)43(35-18-9-5-10-19-35,42-23-14-13-22-41(40)42)36-26-30-39(31-27-36)44(37-20-11-6-12-21-37)38-28-24-34(25-29-38)33-16-7-4-8-17-33/h3-31H,1-2H3. The minimum Gasteiger partial charge on any atom is -0.311 e. The van der Waals surface area contributed by atoms with Crippen LogP contribution in [-0.4, -0.2) is 0 Å². The topological polar surface area (TPSA) is 3.24 Å². The van der Waals surface area contributed by atoms with Crippen molar-refractivity contribution in [1.29, 1.82) is 0 Å². The zero-order valence-corrected chi connectivity index (χ0v) is 25.2. The number of para-hydroxylation sites is 1. The van der Waals surface area contributed by atoms with Crippen LogP contribution in [0.15, 0.2) is 182 Å². The van der Waals surface area contributed by atoms with Gasteiger partial charge in [-0.25, -0.2) is 0 Å². The molecule has 0 bridgehead atoms. The summed E-state index contributed by atoms with van der Waals surface area (Å²) >= 11 is 0. The van der Waals surface area contributed by atoms with E-state index in [4.69, 9.17) is 0 Å². The van der Waals surface area contributed by atoms with Crippen molar-refractivity contribution in [3.05, 3.63) is 204 Å². The molecule has 0 saturated heterocycles.